The molecule has 2 aliphatic heterocycles. The van der Waals surface area contributed by atoms with Crippen LogP contribution in [0.15, 0.2) is 60.2 Å². The van der Waals surface area contributed by atoms with Crippen molar-refractivity contribution >= 4 is 12.0 Å². The lowest BCUT2D eigenvalue weighted by atomic mass is 10.00. The topological polar surface area (TPSA) is 23.6 Å². The van der Waals surface area contributed by atoms with Crippen LogP contribution in [0, 0.1) is 5.82 Å². The number of carbonyl (C=O) groups is 1. The molecule has 3 nitrogen and oxygen atoms in total. The normalized spacial score (nSPS) is 20.4. The zero-order valence-corrected chi connectivity index (χ0v) is 16.2. The van der Waals surface area contributed by atoms with Gasteiger partial charge >= 0.3 is 0 Å². The van der Waals surface area contributed by atoms with Crippen LogP contribution in [0.5, 0.6) is 0 Å². The summed E-state index contributed by atoms with van der Waals surface area (Å²) < 4.78 is 13.1. The average Bonchev–Trinajstić information content (AvgIpc) is 3.18. The molecule has 0 saturated carbocycles. The molecule has 1 amide bonds. The summed E-state index contributed by atoms with van der Waals surface area (Å²) in [7, 11) is 0. The zero-order chi connectivity index (χ0) is 19.3. The summed E-state index contributed by atoms with van der Waals surface area (Å²) in [4.78, 5) is 17.5. The molecule has 2 heterocycles. The van der Waals surface area contributed by atoms with Gasteiger partial charge in [0.05, 0.1) is 6.04 Å². The van der Waals surface area contributed by atoms with E-state index in [1.165, 1.54) is 23.3 Å². The molecule has 0 radical (unpaired) electrons. The highest BCUT2D eigenvalue weighted by Gasteiger charge is 2.34. The minimum absolute atomic E-state index is 0.0165. The van der Waals surface area contributed by atoms with Crippen molar-refractivity contribution in [2.24, 2.45) is 0 Å². The van der Waals surface area contributed by atoms with Crippen LogP contribution in [0.3, 0.4) is 0 Å². The first-order chi connectivity index (χ1) is 13.7. The second kappa shape index (κ2) is 8.70. The molecule has 0 aromatic heterocycles. The second-order valence-corrected chi connectivity index (χ2v) is 7.79. The monoisotopic (exact) mass is 378 g/mol. The van der Waals surface area contributed by atoms with Crippen molar-refractivity contribution in [2.45, 2.75) is 38.3 Å². The van der Waals surface area contributed by atoms with Crippen LogP contribution in [-0.4, -0.2) is 41.4 Å². The van der Waals surface area contributed by atoms with Crippen LogP contribution in [0.2, 0.25) is 0 Å². The summed E-state index contributed by atoms with van der Waals surface area (Å²) in [5.41, 5.74) is 3.63. The molecule has 0 spiro atoms. The van der Waals surface area contributed by atoms with Crippen molar-refractivity contribution in [3.63, 3.8) is 0 Å². The molecule has 1 unspecified atom stereocenters. The van der Waals surface area contributed by atoms with Gasteiger partial charge in [-0.25, -0.2) is 4.39 Å². The Morgan fingerprint density at radius 1 is 1.00 bits per heavy atom. The number of amides is 1. The maximum atomic E-state index is 13.1. The Bertz CT molecular complexity index is 821. The standard InChI is InChI=1S/C24H27FN2O/c25-22-10-8-19(9-11-22)17-20-12-15-26(16-13-20)24(28)23-7-4-14-27(23)18-21-5-2-1-3-6-21/h1-3,5-6,8-11,17,23H,4,7,12-16,18H2. The van der Waals surface area contributed by atoms with E-state index in [-0.39, 0.29) is 17.8 Å². The fraction of sp³-hybridized carbons (Fsp3) is 0.375. The van der Waals surface area contributed by atoms with E-state index in [4.69, 9.17) is 0 Å². The van der Waals surface area contributed by atoms with Crippen molar-refractivity contribution < 1.29 is 9.18 Å². The number of hydrogen-bond acceptors (Lipinski definition) is 2. The zero-order valence-electron chi connectivity index (χ0n) is 16.2. The van der Waals surface area contributed by atoms with Gasteiger partial charge in [-0.1, -0.05) is 54.1 Å². The molecular weight excluding hydrogens is 351 g/mol. The SMILES string of the molecule is O=C(C1CCCN1Cc1ccccc1)N1CCC(=Cc2ccc(F)cc2)CC1. The number of nitrogens with zero attached hydrogens (tertiary/aromatic N) is 2. The van der Waals surface area contributed by atoms with E-state index in [9.17, 15) is 9.18 Å². The molecule has 4 rings (SSSR count). The summed E-state index contributed by atoms with van der Waals surface area (Å²) in [5, 5.41) is 0. The summed E-state index contributed by atoms with van der Waals surface area (Å²) >= 11 is 0. The van der Waals surface area contributed by atoms with Gasteiger partial charge in [0.1, 0.15) is 5.82 Å². The second-order valence-electron chi connectivity index (χ2n) is 7.79. The van der Waals surface area contributed by atoms with E-state index in [2.05, 4.69) is 35.2 Å². The Kier molecular flexibility index (Phi) is 5.87. The first-order valence-corrected chi connectivity index (χ1v) is 10.2. The fourth-order valence-corrected chi connectivity index (χ4v) is 4.28. The van der Waals surface area contributed by atoms with Gasteiger partial charge in [0.15, 0.2) is 0 Å². The number of carbonyl (C=O) groups excluding carboxylic acids is 1. The molecule has 28 heavy (non-hydrogen) atoms. The van der Waals surface area contributed by atoms with Crippen molar-refractivity contribution in [1.82, 2.24) is 9.80 Å². The highest BCUT2D eigenvalue weighted by Crippen LogP contribution is 2.25. The smallest absolute Gasteiger partial charge is 0.239 e. The van der Waals surface area contributed by atoms with Crippen LogP contribution < -0.4 is 0 Å². The Balaban J connectivity index is 1.35. The molecule has 0 bridgehead atoms. The Morgan fingerprint density at radius 3 is 2.43 bits per heavy atom. The molecule has 146 valence electrons. The van der Waals surface area contributed by atoms with E-state index in [0.29, 0.717) is 0 Å². The largest absolute Gasteiger partial charge is 0.341 e. The molecule has 4 heteroatoms. The Labute approximate surface area is 166 Å². The van der Waals surface area contributed by atoms with Crippen LogP contribution in [0.1, 0.15) is 36.8 Å². The van der Waals surface area contributed by atoms with Gasteiger partial charge in [-0.3, -0.25) is 9.69 Å². The Hall–Kier alpha value is -2.46. The molecule has 2 fully saturated rings. The number of likely N-dealkylation sites (tertiary alicyclic amines) is 2. The van der Waals surface area contributed by atoms with Gasteiger partial charge in [-0.05, 0) is 55.5 Å². The Morgan fingerprint density at radius 2 is 1.71 bits per heavy atom. The third-order valence-corrected chi connectivity index (χ3v) is 5.84. The maximum Gasteiger partial charge on any atom is 0.239 e. The van der Waals surface area contributed by atoms with Crippen LogP contribution in [0.25, 0.3) is 6.08 Å². The number of benzene rings is 2. The number of piperidine rings is 1. The number of halogens is 1. The lowest BCUT2D eigenvalue weighted by molar-refractivity contribution is -0.136. The van der Waals surface area contributed by atoms with Crippen molar-refractivity contribution in [2.75, 3.05) is 19.6 Å². The summed E-state index contributed by atoms with van der Waals surface area (Å²) in [6, 6.07) is 17.0. The highest BCUT2D eigenvalue weighted by atomic mass is 19.1. The van der Waals surface area contributed by atoms with Crippen LogP contribution in [0.4, 0.5) is 4.39 Å². The van der Waals surface area contributed by atoms with Gasteiger partial charge in [-0.2, -0.15) is 0 Å². The molecule has 2 saturated heterocycles. The first kappa shape index (κ1) is 18.9. The summed E-state index contributed by atoms with van der Waals surface area (Å²) in [5.74, 6) is 0.0773. The molecule has 0 aliphatic carbocycles. The van der Waals surface area contributed by atoms with Crippen molar-refractivity contribution in [3.05, 3.63) is 77.1 Å². The summed E-state index contributed by atoms with van der Waals surface area (Å²) in [6.45, 7) is 3.40. The van der Waals surface area contributed by atoms with Gasteiger partial charge < -0.3 is 4.90 Å². The van der Waals surface area contributed by atoms with Gasteiger partial charge in [-0.15, -0.1) is 0 Å². The average molecular weight is 378 g/mol. The lowest BCUT2D eigenvalue weighted by Crippen LogP contribution is -2.47. The minimum atomic E-state index is -0.209. The van der Waals surface area contributed by atoms with Gasteiger partial charge in [0.2, 0.25) is 5.91 Å². The third kappa shape index (κ3) is 4.50. The van der Waals surface area contributed by atoms with E-state index in [1.807, 2.05) is 11.0 Å². The molecular formula is C24H27FN2O. The van der Waals surface area contributed by atoms with Crippen molar-refractivity contribution in [1.29, 1.82) is 0 Å². The van der Waals surface area contributed by atoms with E-state index in [1.54, 1.807) is 12.1 Å². The van der Waals surface area contributed by atoms with E-state index in [0.717, 1.165) is 57.4 Å². The number of rotatable bonds is 4. The van der Waals surface area contributed by atoms with Crippen LogP contribution >= 0.6 is 0 Å². The molecule has 1 atom stereocenters. The fourth-order valence-electron chi connectivity index (χ4n) is 4.28. The van der Waals surface area contributed by atoms with E-state index < -0.39 is 0 Å². The minimum Gasteiger partial charge on any atom is -0.341 e. The number of hydrogen-bond donors (Lipinski definition) is 0. The quantitative estimate of drug-likeness (QED) is 0.782. The molecule has 2 aromatic carbocycles. The maximum absolute atomic E-state index is 13.1. The van der Waals surface area contributed by atoms with Crippen LogP contribution in [-0.2, 0) is 11.3 Å². The highest BCUT2D eigenvalue weighted by molar-refractivity contribution is 5.82. The predicted molar refractivity (Wildman–Crippen MR) is 110 cm³/mol. The van der Waals surface area contributed by atoms with E-state index >= 15 is 0 Å². The predicted octanol–water partition coefficient (Wildman–Crippen LogP) is 4.50. The van der Waals surface area contributed by atoms with Gasteiger partial charge in [0.25, 0.3) is 0 Å². The first-order valence-electron chi connectivity index (χ1n) is 10.2. The molecule has 2 aromatic rings. The lowest BCUT2D eigenvalue weighted by Gasteiger charge is -2.33. The third-order valence-electron chi connectivity index (χ3n) is 5.84. The van der Waals surface area contributed by atoms with Gasteiger partial charge in [0, 0.05) is 19.6 Å². The molecule has 2 aliphatic rings. The molecule has 0 N–H and O–H groups in total. The summed E-state index contributed by atoms with van der Waals surface area (Å²) in [6.07, 6.45) is 5.98. The van der Waals surface area contributed by atoms with Crippen molar-refractivity contribution in [3.8, 4) is 0 Å².